The molecule has 0 aromatic heterocycles. The average Bonchev–Trinajstić information content (AvgIpc) is 2.73. The van der Waals surface area contributed by atoms with E-state index in [1.54, 1.807) is 0 Å². The van der Waals surface area contributed by atoms with Crippen molar-refractivity contribution in [2.45, 2.75) is 37.5 Å². The van der Waals surface area contributed by atoms with Gasteiger partial charge in [0.25, 0.3) is 0 Å². The Balaban J connectivity index is 1.67. The van der Waals surface area contributed by atoms with E-state index < -0.39 is 0 Å². The highest BCUT2D eigenvalue weighted by molar-refractivity contribution is 8.00. The maximum absolute atomic E-state index is 3.62. The van der Waals surface area contributed by atoms with Crippen molar-refractivity contribution in [1.82, 2.24) is 5.32 Å². The summed E-state index contributed by atoms with van der Waals surface area (Å²) in [6, 6.07) is 0.896. The molecule has 1 saturated carbocycles. The second kappa shape index (κ2) is 3.36. The second-order valence-corrected chi connectivity index (χ2v) is 5.29. The van der Waals surface area contributed by atoms with Crippen LogP contribution in [0.2, 0.25) is 0 Å². The minimum atomic E-state index is 0.896. The van der Waals surface area contributed by atoms with Crippen molar-refractivity contribution in [3.63, 3.8) is 0 Å². The normalized spacial score (nSPS) is 37.9. The van der Waals surface area contributed by atoms with E-state index in [0.29, 0.717) is 0 Å². The smallest absolute Gasteiger partial charge is 0.00683 e. The van der Waals surface area contributed by atoms with Crippen LogP contribution in [0.15, 0.2) is 0 Å². The van der Waals surface area contributed by atoms with E-state index >= 15 is 0 Å². The van der Waals surface area contributed by atoms with E-state index in [1.807, 2.05) is 0 Å². The van der Waals surface area contributed by atoms with Gasteiger partial charge < -0.3 is 5.32 Å². The highest BCUT2D eigenvalue weighted by Crippen LogP contribution is 2.31. The lowest BCUT2D eigenvalue weighted by atomic mass is 10.0. The number of thioether (sulfide) groups is 1. The highest BCUT2D eigenvalue weighted by Gasteiger charge is 2.27. The summed E-state index contributed by atoms with van der Waals surface area (Å²) in [5.41, 5.74) is 0. The molecule has 2 fully saturated rings. The molecule has 2 heteroatoms. The molecule has 0 radical (unpaired) electrons. The largest absolute Gasteiger partial charge is 0.314 e. The predicted molar refractivity (Wildman–Crippen MR) is 51.1 cm³/mol. The Morgan fingerprint density at radius 3 is 2.73 bits per heavy atom. The van der Waals surface area contributed by atoms with Crippen molar-refractivity contribution in [2.75, 3.05) is 12.3 Å². The summed E-state index contributed by atoms with van der Waals surface area (Å²) < 4.78 is 0. The molecule has 0 aromatic rings. The molecule has 2 aliphatic rings. The molecule has 0 aromatic carbocycles. The summed E-state index contributed by atoms with van der Waals surface area (Å²) >= 11 is 2.14. The first-order chi connectivity index (χ1) is 5.36. The minimum absolute atomic E-state index is 0.896. The van der Waals surface area contributed by atoms with Gasteiger partial charge in [0.1, 0.15) is 0 Å². The molecular weight excluding hydrogens is 154 g/mol. The number of rotatable bonds is 3. The van der Waals surface area contributed by atoms with Gasteiger partial charge in [-0.05, 0) is 37.5 Å². The second-order valence-electron chi connectivity index (χ2n) is 3.81. The Labute approximate surface area is 73.3 Å². The molecule has 1 heterocycles. The number of hydrogen-bond acceptors (Lipinski definition) is 2. The summed E-state index contributed by atoms with van der Waals surface area (Å²) in [5.74, 6) is 2.35. The molecule has 1 N–H and O–H groups in total. The molecule has 11 heavy (non-hydrogen) atoms. The van der Waals surface area contributed by atoms with Crippen LogP contribution in [0, 0.1) is 5.92 Å². The van der Waals surface area contributed by atoms with E-state index in [-0.39, 0.29) is 0 Å². The van der Waals surface area contributed by atoms with E-state index in [9.17, 15) is 0 Å². The fourth-order valence-corrected chi connectivity index (χ4v) is 2.96. The molecule has 2 unspecified atom stereocenters. The number of nitrogens with one attached hydrogen (secondary N) is 1. The summed E-state index contributed by atoms with van der Waals surface area (Å²) in [7, 11) is 0. The molecule has 2 atom stereocenters. The first-order valence-corrected chi connectivity index (χ1v) is 5.76. The van der Waals surface area contributed by atoms with Gasteiger partial charge in [-0.1, -0.05) is 6.92 Å². The Bertz CT molecular complexity index is 134. The average molecular weight is 171 g/mol. The van der Waals surface area contributed by atoms with Gasteiger partial charge in [0.2, 0.25) is 0 Å². The van der Waals surface area contributed by atoms with Crippen LogP contribution in [0.5, 0.6) is 0 Å². The van der Waals surface area contributed by atoms with Gasteiger partial charge in [-0.15, -0.1) is 0 Å². The lowest BCUT2D eigenvalue weighted by molar-refractivity contribution is 0.477. The molecule has 1 aliphatic carbocycles. The maximum atomic E-state index is 3.62. The van der Waals surface area contributed by atoms with Gasteiger partial charge >= 0.3 is 0 Å². The van der Waals surface area contributed by atoms with Crippen molar-refractivity contribution in [2.24, 2.45) is 5.92 Å². The lowest BCUT2D eigenvalue weighted by Gasteiger charge is -2.14. The standard InChI is InChI=1S/C9H17NS/c1-7-8(4-5-11-7)6-10-9-2-3-9/h7-10H,2-6H2,1H3. The zero-order valence-corrected chi connectivity index (χ0v) is 7.99. The van der Waals surface area contributed by atoms with Crippen LogP contribution in [0.3, 0.4) is 0 Å². The van der Waals surface area contributed by atoms with Gasteiger partial charge in [0.15, 0.2) is 0 Å². The van der Waals surface area contributed by atoms with Crippen molar-refractivity contribution in [3.05, 3.63) is 0 Å². The third-order valence-corrected chi connectivity index (χ3v) is 4.16. The van der Waals surface area contributed by atoms with E-state index in [4.69, 9.17) is 0 Å². The highest BCUT2D eigenvalue weighted by atomic mass is 32.2. The van der Waals surface area contributed by atoms with Gasteiger partial charge in [0, 0.05) is 11.3 Å². The summed E-state index contributed by atoms with van der Waals surface area (Å²) in [5, 5.41) is 4.52. The molecule has 64 valence electrons. The third-order valence-electron chi connectivity index (χ3n) is 2.78. The maximum Gasteiger partial charge on any atom is 0.00683 e. The van der Waals surface area contributed by atoms with Crippen LogP contribution in [0.4, 0.5) is 0 Å². The van der Waals surface area contributed by atoms with Gasteiger partial charge in [-0.25, -0.2) is 0 Å². The van der Waals surface area contributed by atoms with E-state index in [1.165, 1.54) is 31.6 Å². The predicted octanol–water partition coefficient (Wildman–Crippen LogP) is 1.88. The van der Waals surface area contributed by atoms with E-state index in [2.05, 4.69) is 24.0 Å². The Morgan fingerprint density at radius 1 is 1.36 bits per heavy atom. The van der Waals surface area contributed by atoms with Crippen LogP contribution >= 0.6 is 11.8 Å². The Morgan fingerprint density at radius 2 is 2.18 bits per heavy atom. The van der Waals surface area contributed by atoms with Crippen molar-refractivity contribution >= 4 is 11.8 Å². The topological polar surface area (TPSA) is 12.0 Å². The first kappa shape index (κ1) is 7.93. The quantitative estimate of drug-likeness (QED) is 0.696. The fourth-order valence-electron chi connectivity index (χ4n) is 1.65. The molecular formula is C9H17NS. The third kappa shape index (κ3) is 2.12. The zero-order chi connectivity index (χ0) is 7.68. The number of hydrogen-bond donors (Lipinski definition) is 1. The Hall–Kier alpha value is 0.310. The molecule has 1 saturated heterocycles. The van der Waals surface area contributed by atoms with Gasteiger partial charge in [-0.2, -0.15) is 11.8 Å². The van der Waals surface area contributed by atoms with Crippen molar-refractivity contribution in [3.8, 4) is 0 Å². The van der Waals surface area contributed by atoms with Crippen molar-refractivity contribution in [1.29, 1.82) is 0 Å². The lowest BCUT2D eigenvalue weighted by Crippen LogP contribution is -2.27. The molecule has 1 aliphatic heterocycles. The Kier molecular flexibility index (Phi) is 2.42. The van der Waals surface area contributed by atoms with Gasteiger partial charge in [0.05, 0.1) is 0 Å². The molecule has 0 amide bonds. The van der Waals surface area contributed by atoms with Crippen LogP contribution in [-0.4, -0.2) is 23.6 Å². The van der Waals surface area contributed by atoms with Crippen LogP contribution in [0.25, 0.3) is 0 Å². The minimum Gasteiger partial charge on any atom is -0.314 e. The van der Waals surface area contributed by atoms with Crippen LogP contribution in [0.1, 0.15) is 26.2 Å². The summed E-state index contributed by atoms with van der Waals surface area (Å²) in [6.45, 7) is 3.65. The monoisotopic (exact) mass is 171 g/mol. The molecule has 0 spiro atoms. The zero-order valence-electron chi connectivity index (χ0n) is 7.18. The molecule has 1 nitrogen and oxygen atoms in total. The first-order valence-electron chi connectivity index (χ1n) is 4.71. The fraction of sp³-hybridized carbons (Fsp3) is 1.00. The summed E-state index contributed by atoms with van der Waals surface area (Å²) in [6.07, 6.45) is 4.29. The molecule has 2 rings (SSSR count). The van der Waals surface area contributed by atoms with Crippen LogP contribution < -0.4 is 5.32 Å². The van der Waals surface area contributed by atoms with Gasteiger partial charge in [-0.3, -0.25) is 0 Å². The van der Waals surface area contributed by atoms with E-state index in [0.717, 1.165) is 17.2 Å². The van der Waals surface area contributed by atoms with Crippen LogP contribution in [-0.2, 0) is 0 Å². The summed E-state index contributed by atoms with van der Waals surface area (Å²) in [4.78, 5) is 0. The SMILES string of the molecule is CC1SCCC1CNC1CC1. The molecule has 0 bridgehead atoms. The van der Waals surface area contributed by atoms with Crippen molar-refractivity contribution < 1.29 is 0 Å².